The van der Waals surface area contributed by atoms with E-state index in [1.54, 1.807) is 30.3 Å². The highest BCUT2D eigenvalue weighted by atomic mass is 16.4. The Balaban J connectivity index is 2.50. The van der Waals surface area contributed by atoms with Gasteiger partial charge in [0.15, 0.2) is 0 Å². The molecule has 20 heavy (non-hydrogen) atoms. The van der Waals surface area contributed by atoms with Crippen molar-refractivity contribution in [2.45, 2.75) is 5.92 Å². The summed E-state index contributed by atoms with van der Waals surface area (Å²) in [5.74, 6) is -2.19. The van der Waals surface area contributed by atoms with E-state index in [0.29, 0.717) is 5.56 Å². The Bertz CT molecular complexity index is 476. The van der Waals surface area contributed by atoms with Gasteiger partial charge in [-0.1, -0.05) is 30.3 Å². The van der Waals surface area contributed by atoms with Gasteiger partial charge in [-0.25, -0.2) is 4.79 Å². The van der Waals surface area contributed by atoms with Crippen molar-refractivity contribution in [3.8, 4) is 0 Å². The van der Waals surface area contributed by atoms with Crippen molar-refractivity contribution >= 4 is 17.9 Å². The van der Waals surface area contributed by atoms with Crippen LogP contribution in [-0.4, -0.2) is 43.2 Å². The number of likely N-dealkylation sites (N-methyl/N-ethyl adjacent to an activating group) is 1. The lowest BCUT2D eigenvalue weighted by Gasteiger charge is -2.14. The van der Waals surface area contributed by atoms with E-state index in [9.17, 15) is 14.4 Å². The van der Waals surface area contributed by atoms with Crippen LogP contribution in [0, 0.1) is 0 Å². The zero-order valence-corrected chi connectivity index (χ0v) is 11.1. The van der Waals surface area contributed by atoms with Crippen LogP contribution in [0.2, 0.25) is 0 Å². The van der Waals surface area contributed by atoms with Crippen molar-refractivity contribution in [2.24, 2.45) is 0 Å². The van der Waals surface area contributed by atoms with Gasteiger partial charge < -0.3 is 21.1 Å². The summed E-state index contributed by atoms with van der Waals surface area (Å²) in [4.78, 5) is 33.6. The first-order valence-corrected chi connectivity index (χ1v) is 6.04. The number of carbonyl (C=O) groups is 3. The molecule has 7 nitrogen and oxygen atoms in total. The number of carboxylic acid groups (broad SMARTS) is 1. The van der Waals surface area contributed by atoms with Gasteiger partial charge in [-0.2, -0.15) is 0 Å². The monoisotopic (exact) mass is 279 g/mol. The lowest BCUT2D eigenvalue weighted by Crippen LogP contribution is -2.43. The summed E-state index contributed by atoms with van der Waals surface area (Å²) in [6, 6.07) is 8.03. The van der Waals surface area contributed by atoms with Gasteiger partial charge in [0.25, 0.3) is 0 Å². The number of hydrogen-bond donors (Lipinski definition) is 4. The third kappa shape index (κ3) is 4.97. The van der Waals surface area contributed by atoms with Crippen molar-refractivity contribution in [3.63, 3.8) is 0 Å². The minimum atomic E-state index is -1.03. The van der Waals surface area contributed by atoms with Gasteiger partial charge in [0.2, 0.25) is 5.91 Å². The highest BCUT2D eigenvalue weighted by Crippen LogP contribution is 2.14. The van der Waals surface area contributed by atoms with E-state index in [0.717, 1.165) is 0 Å². The van der Waals surface area contributed by atoms with Crippen LogP contribution in [-0.2, 0) is 9.59 Å². The molecule has 0 spiro atoms. The summed E-state index contributed by atoms with van der Waals surface area (Å²) in [6.07, 6.45) is 0. The number of hydrogen-bond acceptors (Lipinski definition) is 3. The molecule has 0 aliphatic rings. The fourth-order valence-corrected chi connectivity index (χ4v) is 1.54. The van der Waals surface area contributed by atoms with Crippen LogP contribution in [0.3, 0.4) is 0 Å². The van der Waals surface area contributed by atoms with E-state index < -0.39 is 17.9 Å². The van der Waals surface area contributed by atoms with Gasteiger partial charge in [-0.15, -0.1) is 0 Å². The smallest absolute Gasteiger partial charge is 0.315 e. The maximum Gasteiger partial charge on any atom is 0.315 e. The molecule has 0 saturated heterocycles. The summed E-state index contributed by atoms with van der Waals surface area (Å²) >= 11 is 0. The Morgan fingerprint density at radius 3 is 2.35 bits per heavy atom. The normalized spacial score (nSPS) is 11.2. The molecule has 1 aromatic carbocycles. The average Bonchev–Trinajstić information content (AvgIpc) is 2.45. The number of carbonyl (C=O) groups excluding carboxylic acids is 2. The van der Waals surface area contributed by atoms with Gasteiger partial charge in [-0.05, 0) is 5.56 Å². The van der Waals surface area contributed by atoms with Crippen LogP contribution in [0.1, 0.15) is 11.5 Å². The largest absolute Gasteiger partial charge is 0.481 e. The van der Waals surface area contributed by atoms with Crippen LogP contribution in [0.5, 0.6) is 0 Å². The lowest BCUT2D eigenvalue weighted by atomic mass is 9.99. The Kier molecular flexibility index (Phi) is 6.02. The molecule has 1 rings (SSSR count). The summed E-state index contributed by atoms with van der Waals surface area (Å²) in [5.41, 5.74) is 0.603. The Morgan fingerprint density at radius 2 is 1.80 bits per heavy atom. The van der Waals surface area contributed by atoms with Gasteiger partial charge in [0.05, 0.1) is 12.5 Å². The minimum absolute atomic E-state index is 0.0566. The lowest BCUT2D eigenvalue weighted by molar-refractivity contribution is -0.138. The van der Waals surface area contributed by atoms with E-state index >= 15 is 0 Å². The van der Waals surface area contributed by atoms with Crippen LogP contribution in [0.15, 0.2) is 30.3 Å². The molecule has 0 bridgehead atoms. The van der Waals surface area contributed by atoms with Crippen molar-refractivity contribution in [2.75, 3.05) is 20.1 Å². The van der Waals surface area contributed by atoms with E-state index in [1.165, 1.54) is 7.05 Å². The summed E-state index contributed by atoms with van der Waals surface area (Å²) in [6.45, 7) is -0.218. The molecule has 3 amide bonds. The number of aliphatic carboxylic acids is 1. The van der Waals surface area contributed by atoms with E-state index in [2.05, 4.69) is 16.0 Å². The predicted molar refractivity (Wildman–Crippen MR) is 72.3 cm³/mol. The molecule has 1 unspecified atom stereocenters. The standard InChI is InChI=1S/C13H17N3O4/c1-14-11(17)8-16-13(20)15-7-10(12(18)19)9-5-3-2-4-6-9/h2-6,10H,7-8H2,1H3,(H,14,17)(H,18,19)(H2,15,16,20). The molecule has 1 atom stereocenters. The Morgan fingerprint density at radius 1 is 1.15 bits per heavy atom. The quantitative estimate of drug-likeness (QED) is 0.583. The number of carboxylic acids is 1. The van der Waals surface area contributed by atoms with Gasteiger partial charge in [-0.3, -0.25) is 9.59 Å². The summed E-state index contributed by atoms with van der Waals surface area (Å²) in [7, 11) is 1.46. The third-order valence-corrected chi connectivity index (χ3v) is 2.66. The van der Waals surface area contributed by atoms with Crippen molar-refractivity contribution in [3.05, 3.63) is 35.9 Å². The van der Waals surface area contributed by atoms with Crippen molar-refractivity contribution in [1.82, 2.24) is 16.0 Å². The maximum atomic E-state index is 11.4. The molecule has 1 aromatic rings. The number of benzene rings is 1. The molecule has 0 heterocycles. The fourth-order valence-electron chi connectivity index (χ4n) is 1.54. The highest BCUT2D eigenvalue weighted by Gasteiger charge is 2.20. The molecule has 0 saturated carbocycles. The Labute approximate surface area is 116 Å². The third-order valence-electron chi connectivity index (χ3n) is 2.66. The second-order valence-electron chi connectivity index (χ2n) is 4.04. The fraction of sp³-hybridized carbons (Fsp3) is 0.308. The van der Waals surface area contributed by atoms with Crippen LogP contribution < -0.4 is 16.0 Å². The van der Waals surface area contributed by atoms with Crippen molar-refractivity contribution < 1.29 is 19.5 Å². The van der Waals surface area contributed by atoms with Crippen LogP contribution >= 0.6 is 0 Å². The van der Waals surface area contributed by atoms with Gasteiger partial charge in [0.1, 0.15) is 0 Å². The molecular weight excluding hydrogens is 262 g/mol. The summed E-state index contributed by atoms with van der Waals surface area (Å²) < 4.78 is 0. The second-order valence-corrected chi connectivity index (χ2v) is 4.04. The Hall–Kier alpha value is -2.57. The topological polar surface area (TPSA) is 108 Å². The molecule has 108 valence electrons. The zero-order chi connectivity index (χ0) is 15.0. The molecule has 0 aliphatic heterocycles. The molecule has 0 fully saturated rings. The highest BCUT2D eigenvalue weighted by molar-refractivity contribution is 5.84. The van der Waals surface area contributed by atoms with Crippen molar-refractivity contribution in [1.29, 1.82) is 0 Å². The summed E-state index contributed by atoms with van der Waals surface area (Å²) in [5, 5.41) is 16.3. The minimum Gasteiger partial charge on any atom is -0.481 e. The maximum absolute atomic E-state index is 11.4. The zero-order valence-electron chi connectivity index (χ0n) is 11.1. The predicted octanol–water partition coefficient (Wildman–Crippen LogP) is -0.1000. The number of amides is 3. The first-order chi connectivity index (χ1) is 9.54. The van der Waals surface area contributed by atoms with Crippen LogP contribution in [0.25, 0.3) is 0 Å². The van der Waals surface area contributed by atoms with Gasteiger partial charge in [0, 0.05) is 13.6 Å². The SMILES string of the molecule is CNC(=O)CNC(=O)NCC(C(=O)O)c1ccccc1. The van der Waals surface area contributed by atoms with Gasteiger partial charge >= 0.3 is 12.0 Å². The molecule has 4 N–H and O–H groups in total. The number of urea groups is 1. The molecule has 0 radical (unpaired) electrons. The molecule has 7 heteroatoms. The molecule has 0 aromatic heterocycles. The first kappa shape index (κ1) is 15.5. The van der Waals surface area contributed by atoms with E-state index in [-0.39, 0.29) is 19.0 Å². The van der Waals surface area contributed by atoms with Crippen LogP contribution in [0.4, 0.5) is 4.79 Å². The number of nitrogens with one attached hydrogen (secondary N) is 3. The van der Waals surface area contributed by atoms with E-state index in [4.69, 9.17) is 5.11 Å². The second kappa shape index (κ2) is 7.78. The molecular formula is C13H17N3O4. The van der Waals surface area contributed by atoms with E-state index in [1.807, 2.05) is 0 Å². The number of rotatable bonds is 6. The average molecular weight is 279 g/mol. The first-order valence-electron chi connectivity index (χ1n) is 6.04. The molecule has 0 aliphatic carbocycles.